The Morgan fingerprint density at radius 2 is 2.30 bits per heavy atom. The first-order valence-corrected chi connectivity index (χ1v) is 7.20. The average molecular weight is 279 g/mol. The van der Waals surface area contributed by atoms with E-state index in [1.54, 1.807) is 17.0 Å². The molecule has 5 nitrogen and oxygen atoms in total. The van der Waals surface area contributed by atoms with Gasteiger partial charge in [0.15, 0.2) is 0 Å². The number of hydrogen-bond donors (Lipinski definition) is 1. The molecule has 2 heterocycles. The van der Waals surface area contributed by atoms with Crippen LogP contribution in [0.2, 0.25) is 0 Å². The molecule has 1 amide bonds. The maximum absolute atomic E-state index is 12.2. The minimum atomic E-state index is -0.862. The molecule has 0 aliphatic carbocycles. The van der Waals surface area contributed by atoms with Gasteiger partial charge in [0.1, 0.15) is 11.8 Å². The van der Waals surface area contributed by atoms with Crippen molar-refractivity contribution >= 4 is 11.9 Å². The van der Waals surface area contributed by atoms with Gasteiger partial charge in [-0.05, 0) is 25.0 Å². The van der Waals surface area contributed by atoms with Crippen LogP contribution < -0.4 is 0 Å². The quantitative estimate of drug-likeness (QED) is 0.813. The molecule has 2 rings (SSSR count). The second-order valence-electron chi connectivity index (χ2n) is 5.24. The predicted octanol–water partition coefficient (Wildman–Crippen LogP) is 2.83. The Morgan fingerprint density at radius 3 is 2.90 bits per heavy atom. The maximum Gasteiger partial charge on any atom is 0.309 e. The third kappa shape index (κ3) is 3.03. The molecule has 0 saturated carbocycles. The zero-order valence-electron chi connectivity index (χ0n) is 11.7. The van der Waals surface area contributed by atoms with Crippen LogP contribution in [0.25, 0.3) is 0 Å². The van der Waals surface area contributed by atoms with Gasteiger partial charge in [-0.1, -0.05) is 19.8 Å². The number of carbonyl (C=O) groups excluding carboxylic acids is 1. The molecule has 0 bridgehead atoms. The molecule has 20 heavy (non-hydrogen) atoms. The third-order valence-corrected chi connectivity index (χ3v) is 3.86. The molecule has 110 valence electrons. The number of amides is 1. The van der Waals surface area contributed by atoms with Crippen LogP contribution in [0.1, 0.15) is 50.8 Å². The molecule has 0 aromatic carbocycles. The van der Waals surface area contributed by atoms with Gasteiger partial charge in [-0.25, -0.2) is 0 Å². The number of aliphatic carboxylic acids is 1. The van der Waals surface area contributed by atoms with E-state index in [2.05, 4.69) is 6.92 Å². The summed E-state index contributed by atoms with van der Waals surface area (Å²) in [6, 6.07) is 3.02. The number of carbonyl (C=O) groups is 2. The fraction of sp³-hybridized carbons (Fsp3) is 0.600. The highest BCUT2D eigenvalue weighted by Crippen LogP contribution is 2.37. The zero-order chi connectivity index (χ0) is 14.5. The Kier molecular flexibility index (Phi) is 4.82. The third-order valence-electron chi connectivity index (χ3n) is 3.86. The molecule has 2 atom stereocenters. The Labute approximate surface area is 118 Å². The minimum Gasteiger partial charge on any atom is -0.481 e. The summed E-state index contributed by atoms with van der Waals surface area (Å²) in [5.74, 6) is -0.846. The Balaban J connectivity index is 2.22. The van der Waals surface area contributed by atoms with E-state index in [9.17, 15) is 14.7 Å². The van der Waals surface area contributed by atoms with E-state index in [0.29, 0.717) is 25.1 Å². The predicted molar refractivity (Wildman–Crippen MR) is 73.0 cm³/mol. The van der Waals surface area contributed by atoms with Crippen LogP contribution in [0.5, 0.6) is 0 Å². The van der Waals surface area contributed by atoms with Crippen molar-refractivity contribution in [3.8, 4) is 0 Å². The molecule has 0 unspecified atom stereocenters. The zero-order valence-corrected chi connectivity index (χ0v) is 11.7. The van der Waals surface area contributed by atoms with E-state index in [1.807, 2.05) is 0 Å². The van der Waals surface area contributed by atoms with Crippen LogP contribution >= 0.6 is 0 Å². The topological polar surface area (TPSA) is 70.8 Å². The van der Waals surface area contributed by atoms with Crippen LogP contribution in [0.3, 0.4) is 0 Å². The lowest BCUT2D eigenvalue weighted by molar-refractivity contribution is -0.152. The molecule has 0 radical (unpaired) electrons. The fourth-order valence-electron chi connectivity index (χ4n) is 2.82. The van der Waals surface area contributed by atoms with Crippen molar-refractivity contribution in [2.45, 2.75) is 45.1 Å². The lowest BCUT2D eigenvalue weighted by Crippen LogP contribution is -2.45. The smallest absolute Gasteiger partial charge is 0.309 e. The number of nitrogens with zero attached hydrogens (tertiary/aromatic N) is 1. The van der Waals surface area contributed by atoms with Crippen molar-refractivity contribution in [1.29, 1.82) is 0 Å². The molecule has 1 aliphatic rings. The lowest BCUT2D eigenvalue weighted by atomic mass is 9.87. The fourth-order valence-corrected chi connectivity index (χ4v) is 2.82. The first-order chi connectivity index (χ1) is 9.65. The van der Waals surface area contributed by atoms with E-state index >= 15 is 0 Å². The number of piperidine rings is 1. The molecule has 1 aliphatic heterocycles. The van der Waals surface area contributed by atoms with Crippen molar-refractivity contribution in [3.63, 3.8) is 0 Å². The number of unbranched alkanes of at least 4 members (excludes halogenated alkanes) is 2. The largest absolute Gasteiger partial charge is 0.481 e. The Bertz CT molecular complexity index is 454. The Morgan fingerprint density at radius 1 is 1.50 bits per heavy atom. The van der Waals surface area contributed by atoms with Gasteiger partial charge in [0.05, 0.1) is 12.2 Å². The van der Waals surface area contributed by atoms with E-state index in [1.165, 1.54) is 6.26 Å². The maximum atomic E-state index is 12.2. The molecule has 1 fully saturated rings. The number of hydrogen-bond acceptors (Lipinski definition) is 3. The van der Waals surface area contributed by atoms with Gasteiger partial charge in [0.2, 0.25) is 5.91 Å². The molecule has 1 N–H and O–H groups in total. The molecule has 0 spiro atoms. The van der Waals surface area contributed by atoms with Gasteiger partial charge < -0.3 is 14.4 Å². The van der Waals surface area contributed by atoms with Crippen molar-refractivity contribution in [3.05, 3.63) is 24.2 Å². The minimum absolute atomic E-state index is 0.0278. The summed E-state index contributed by atoms with van der Waals surface area (Å²) in [5, 5.41) is 9.40. The van der Waals surface area contributed by atoms with Crippen LogP contribution in [0, 0.1) is 5.92 Å². The second-order valence-corrected chi connectivity index (χ2v) is 5.24. The van der Waals surface area contributed by atoms with E-state index < -0.39 is 17.9 Å². The monoisotopic (exact) mass is 279 g/mol. The van der Waals surface area contributed by atoms with Gasteiger partial charge in [-0.3, -0.25) is 9.59 Å². The van der Waals surface area contributed by atoms with Crippen molar-refractivity contribution in [1.82, 2.24) is 4.90 Å². The van der Waals surface area contributed by atoms with E-state index in [-0.39, 0.29) is 5.91 Å². The molecule has 5 heteroatoms. The number of carboxylic acids is 1. The first kappa shape index (κ1) is 14.6. The van der Waals surface area contributed by atoms with Crippen molar-refractivity contribution < 1.29 is 19.1 Å². The van der Waals surface area contributed by atoms with Gasteiger partial charge in [0.25, 0.3) is 0 Å². The SMILES string of the molecule is CCCCCN1C(=O)CC[C@@H](C(=O)O)[C@@H]1c1ccco1. The number of carboxylic acid groups (broad SMARTS) is 1. The van der Waals surface area contributed by atoms with Gasteiger partial charge in [0, 0.05) is 13.0 Å². The molecular formula is C15H21NO4. The van der Waals surface area contributed by atoms with E-state index in [0.717, 1.165) is 19.3 Å². The summed E-state index contributed by atoms with van der Waals surface area (Å²) in [6.07, 6.45) is 5.20. The first-order valence-electron chi connectivity index (χ1n) is 7.20. The molecule has 1 aromatic rings. The number of furan rings is 1. The number of likely N-dealkylation sites (tertiary alicyclic amines) is 1. The highest BCUT2D eigenvalue weighted by molar-refractivity contribution is 5.81. The highest BCUT2D eigenvalue weighted by Gasteiger charge is 2.41. The van der Waals surface area contributed by atoms with Gasteiger partial charge >= 0.3 is 5.97 Å². The Hall–Kier alpha value is -1.78. The standard InChI is InChI=1S/C15H21NO4/c1-2-3-4-9-16-13(17)8-7-11(15(18)19)14(16)12-6-5-10-20-12/h5-6,10-11,14H,2-4,7-9H2,1H3,(H,18,19)/t11-,14-/m1/s1. The lowest BCUT2D eigenvalue weighted by Gasteiger charge is -2.38. The summed E-state index contributed by atoms with van der Waals surface area (Å²) in [7, 11) is 0. The van der Waals surface area contributed by atoms with Crippen LogP contribution in [-0.4, -0.2) is 28.4 Å². The van der Waals surface area contributed by atoms with Crippen molar-refractivity contribution in [2.24, 2.45) is 5.92 Å². The van der Waals surface area contributed by atoms with Gasteiger partial charge in [-0.2, -0.15) is 0 Å². The summed E-state index contributed by atoms with van der Waals surface area (Å²) in [5.41, 5.74) is 0. The van der Waals surface area contributed by atoms with Crippen LogP contribution in [-0.2, 0) is 9.59 Å². The average Bonchev–Trinajstić information content (AvgIpc) is 2.93. The second kappa shape index (κ2) is 6.59. The van der Waals surface area contributed by atoms with Gasteiger partial charge in [-0.15, -0.1) is 0 Å². The van der Waals surface area contributed by atoms with Crippen molar-refractivity contribution in [2.75, 3.05) is 6.54 Å². The van der Waals surface area contributed by atoms with Crippen LogP contribution in [0.15, 0.2) is 22.8 Å². The molecule has 1 saturated heterocycles. The van der Waals surface area contributed by atoms with Crippen LogP contribution in [0.4, 0.5) is 0 Å². The summed E-state index contributed by atoms with van der Waals surface area (Å²) >= 11 is 0. The van der Waals surface area contributed by atoms with E-state index in [4.69, 9.17) is 4.42 Å². The molecular weight excluding hydrogens is 258 g/mol. The highest BCUT2D eigenvalue weighted by atomic mass is 16.4. The number of rotatable bonds is 6. The molecule has 1 aromatic heterocycles. The summed E-state index contributed by atoms with van der Waals surface area (Å²) < 4.78 is 5.38. The summed E-state index contributed by atoms with van der Waals surface area (Å²) in [6.45, 7) is 2.70. The normalized spacial score (nSPS) is 23.1. The summed E-state index contributed by atoms with van der Waals surface area (Å²) in [4.78, 5) is 25.3.